The zero-order valence-corrected chi connectivity index (χ0v) is 18.5. The molecule has 0 spiro atoms. The van der Waals surface area contributed by atoms with Gasteiger partial charge < -0.3 is 19.7 Å². The number of piperazine rings is 1. The molecule has 31 heavy (non-hydrogen) atoms. The number of aromatic nitrogens is 1. The second-order valence-corrected chi connectivity index (χ2v) is 8.18. The van der Waals surface area contributed by atoms with E-state index in [2.05, 4.69) is 10.3 Å². The van der Waals surface area contributed by atoms with E-state index in [0.717, 1.165) is 11.3 Å². The Morgan fingerprint density at radius 3 is 2.81 bits per heavy atom. The summed E-state index contributed by atoms with van der Waals surface area (Å²) in [6, 6.07) is 8.92. The van der Waals surface area contributed by atoms with Crippen LogP contribution in [0.1, 0.15) is 29.4 Å². The van der Waals surface area contributed by atoms with Crippen molar-refractivity contribution in [3.8, 4) is 11.5 Å². The number of hydrogen-bond acceptors (Lipinski definition) is 6. The Morgan fingerprint density at radius 2 is 2.13 bits per heavy atom. The van der Waals surface area contributed by atoms with E-state index in [4.69, 9.17) is 25.2 Å². The van der Waals surface area contributed by atoms with Gasteiger partial charge in [0.2, 0.25) is 0 Å². The Morgan fingerprint density at radius 1 is 1.35 bits per heavy atom. The largest absolute Gasteiger partial charge is 0.497 e. The van der Waals surface area contributed by atoms with Crippen molar-refractivity contribution in [3.05, 3.63) is 47.1 Å². The number of hydrogen-bond donors (Lipinski definition) is 1. The Labute approximate surface area is 192 Å². The van der Waals surface area contributed by atoms with Gasteiger partial charge in [0.25, 0.3) is 0 Å². The van der Waals surface area contributed by atoms with Gasteiger partial charge in [-0.15, -0.1) is 0 Å². The Kier molecular flexibility index (Phi) is 5.69. The molecule has 1 saturated carbocycles. The number of carbonyl (C=O) groups excluding carboxylic acids is 1. The van der Waals surface area contributed by atoms with Gasteiger partial charge >= 0.3 is 6.09 Å². The number of amides is 1. The third kappa shape index (κ3) is 5.80. The van der Waals surface area contributed by atoms with Crippen LogP contribution in [0.4, 0.5) is 10.6 Å². The molecule has 2 heterocycles. The van der Waals surface area contributed by atoms with Crippen molar-refractivity contribution in [1.29, 1.82) is 0 Å². The Bertz CT molecular complexity index is 1040. The first kappa shape index (κ1) is 18.1. The molecule has 0 radical (unpaired) electrons. The molecule has 1 aliphatic carbocycles. The summed E-state index contributed by atoms with van der Waals surface area (Å²) >= 11 is 6.23. The minimum Gasteiger partial charge on any atom is -0.497 e. The van der Waals surface area contributed by atoms with Gasteiger partial charge in [0, 0.05) is 48.9 Å². The molecule has 8 heteroatoms. The van der Waals surface area contributed by atoms with Crippen LogP contribution in [0, 0.1) is 5.89 Å². The summed E-state index contributed by atoms with van der Waals surface area (Å²) in [6.07, 6.45) is 2.00. The first-order valence-electron chi connectivity index (χ1n) is 11.9. The minimum atomic E-state index is -1.66. The predicted octanol–water partition coefficient (Wildman–Crippen LogP) is 3.95. The Hall–Kier alpha value is -2.51. The SMILES string of the molecule is [2H]C1(C([2H])([2H])N2CCN(c3cc(OC(=O)NCc4ccc(OC)cc4)c(Cl)cn3)[C@@H](C)C2)CC1. The lowest BCUT2D eigenvalue weighted by Gasteiger charge is -2.40. The van der Waals surface area contributed by atoms with Crippen LogP contribution < -0.4 is 19.7 Å². The average molecular weight is 448 g/mol. The number of pyridine rings is 1. The van der Waals surface area contributed by atoms with Crippen LogP contribution in [0.3, 0.4) is 0 Å². The highest BCUT2D eigenvalue weighted by atomic mass is 35.5. The molecular formula is C23H29ClN4O3. The quantitative estimate of drug-likeness (QED) is 0.693. The molecule has 1 atom stereocenters. The number of halogens is 1. The number of anilines is 1. The number of carbonyl (C=O) groups is 1. The molecule has 0 unspecified atom stereocenters. The van der Waals surface area contributed by atoms with Crippen molar-refractivity contribution in [2.75, 3.05) is 38.1 Å². The van der Waals surface area contributed by atoms with Gasteiger partial charge in [-0.25, -0.2) is 9.78 Å². The molecule has 7 nitrogen and oxygen atoms in total. The van der Waals surface area contributed by atoms with E-state index in [9.17, 15) is 4.79 Å². The van der Waals surface area contributed by atoms with Crippen molar-refractivity contribution >= 4 is 23.5 Å². The first-order chi connectivity index (χ1) is 16.1. The fourth-order valence-electron chi connectivity index (χ4n) is 3.50. The standard InChI is InChI=1S/C23H29ClN4O3/c1-16-14-27(15-18-3-4-18)9-10-28(16)22-11-21(20(24)13-25-22)31-23(29)26-12-17-5-7-19(30-2)8-6-17/h5-8,11,13,16,18H,3-4,9-10,12,14-15H2,1-2H3,(H,26,29)/t16-/m0/s1/i15D2,18D. The van der Waals surface area contributed by atoms with Crippen LogP contribution >= 0.6 is 11.6 Å². The molecular weight excluding hydrogens is 416 g/mol. The summed E-state index contributed by atoms with van der Waals surface area (Å²) in [7, 11) is 1.59. The number of rotatable bonds is 7. The van der Waals surface area contributed by atoms with Crippen LogP contribution in [-0.4, -0.2) is 55.3 Å². The number of benzene rings is 1. The van der Waals surface area contributed by atoms with Crippen LogP contribution in [-0.2, 0) is 6.54 Å². The highest BCUT2D eigenvalue weighted by Gasteiger charge is 2.30. The summed E-state index contributed by atoms with van der Waals surface area (Å²) < 4.78 is 35.7. The number of methoxy groups -OCH3 is 1. The summed E-state index contributed by atoms with van der Waals surface area (Å²) in [5.74, 6) is 0.530. The second-order valence-electron chi connectivity index (χ2n) is 7.77. The van der Waals surface area contributed by atoms with E-state index < -0.39 is 18.5 Å². The number of ether oxygens (including phenoxy) is 2. The van der Waals surface area contributed by atoms with Gasteiger partial charge in [-0.05, 0) is 43.4 Å². The van der Waals surface area contributed by atoms with Gasteiger partial charge in [0.1, 0.15) is 16.6 Å². The summed E-state index contributed by atoms with van der Waals surface area (Å²) in [5.41, 5.74) is 0.895. The van der Waals surface area contributed by atoms with Gasteiger partial charge in [-0.3, -0.25) is 4.90 Å². The van der Waals surface area contributed by atoms with Gasteiger partial charge in [-0.2, -0.15) is 0 Å². The van der Waals surface area contributed by atoms with Crippen molar-refractivity contribution in [1.82, 2.24) is 15.2 Å². The monoisotopic (exact) mass is 447 g/mol. The van der Waals surface area contributed by atoms with Crippen LogP contribution in [0.25, 0.3) is 0 Å². The maximum absolute atomic E-state index is 12.3. The predicted molar refractivity (Wildman–Crippen MR) is 121 cm³/mol. The molecule has 2 fully saturated rings. The smallest absolute Gasteiger partial charge is 0.412 e. The van der Waals surface area contributed by atoms with Crippen molar-refractivity contribution in [2.45, 2.75) is 32.4 Å². The highest BCUT2D eigenvalue weighted by Crippen LogP contribution is 2.32. The molecule has 1 aromatic carbocycles. The lowest BCUT2D eigenvalue weighted by Crippen LogP contribution is -2.52. The average Bonchev–Trinajstić information content (AvgIpc) is 3.58. The number of nitrogens with zero attached hydrogens (tertiary/aromatic N) is 3. The molecule has 166 valence electrons. The molecule has 1 amide bonds. The summed E-state index contributed by atoms with van der Waals surface area (Å²) in [6.45, 7) is 2.10. The van der Waals surface area contributed by atoms with Crippen molar-refractivity contribution in [3.63, 3.8) is 0 Å². The molecule has 0 bridgehead atoms. The van der Waals surface area contributed by atoms with E-state index in [-0.39, 0.29) is 23.4 Å². The topological polar surface area (TPSA) is 66.9 Å². The minimum absolute atomic E-state index is 0.0448. The summed E-state index contributed by atoms with van der Waals surface area (Å²) in [5, 5.41) is 2.92. The van der Waals surface area contributed by atoms with E-state index in [1.807, 2.05) is 36.1 Å². The van der Waals surface area contributed by atoms with Crippen LogP contribution in [0.15, 0.2) is 36.5 Å². The van der Waals surface area contributed by atoms with E-state index in [0.29, 0.717) is 38.3 Å². The molecule has 4 rings (SSSR count). The zero-order valence-electron chi connectivity index (χ0n) is 20.7. The lowest BCUT2D eigenvalue weighted by molar-refractivity contribution is 0.200. The Balaban J connectivity index is 1.37. The van der Waals surface area contributed by atoms with Crippen LogP contribution in [0.5, 0.6) is 11.5 Å². The third-order valence-corrected chi connectivity index (χ3v) is 5.63. The van der Waals surface area contributed by atoms with Crippen molar-refractivity contribution < 1.29 is 18.4 Å². The normalized spacial score (nSPS) is 22.1. The highest BCUT2D eigenvalue weighted by molar-refractivity contribution is 6.32. The lowest BCUT2D eigenvalue weighted by atomic mass is 10.1. The van der Waals surface area contributed by atoms with E-state index in [1.54, 1.807) is 18.1 Å². The van der Waals surface area contributed by atoms with Gasteiger partial charge in [0.15, 0.2) is 5.75 Å². The fourth-order valence-corrected chi connectivity index (χ4v) is 3.64. The summed E-state index contributed by atoms with van der Waals surface area (Å²) in [4.78, 5) is 20.5. The third-order valence-electron chi connectivity index (χ3n) is 5.34. The maximum atomic E-state index is 12.3. The van der Waals surface area contributed by atoms with Crippen LogP contribution in [0.2, 0.25) is 5.02 Å². The zero-order chi connectivity index (χ0) is 24.5. The number of nitrogens with one attached hydrogen (secondary N) is 1. The molecule has 1 aromatic heterocycles. The van der Waals surface area contributed by atoms with Gasteiger partial charge in [-0.1, -0.05) is 23.7 Å². The maximum Gasteiger partial charge on any atom is 0.412 e. The molecule has 1 aliphatic heterocycles. The molecule has 1 saturated heterocycles. The van der Waals surface area contributed by atoms with E-state index >= 15 is 0 Å². The molecule has 1 N–H and O–H groups in total. The second kappa shape index (κ2) is 9.75. The van der Waals surface area contributed by atoms with E-state index in [1.165, 1.54) is 6.20 Å². The molecule has 2 aromatic rings. The first-order valence-corrected chi connectivity index (χ1v) is 10.8. The van der Waals surface area contributed by atoms with Gasteiger partial charge in [0.05, 0.1) is 13.3 Å². The van der Waals surface area contributed by atoms with Crippen molar-refractivity contribution in [2.24, 2.45) is 5.89 Å². The molecule has 2 aliphatic rings. The fraction of sp³-hybridized carbons (Fsp3) is 0.478.